The number of anilines is 1. The highest BCUT2D eigenvalue weighted by Gasteiger charge is 2.21. The minimum Gasteiger partial charge on any atom is -0.449 e. The van der Waals surface area contributed by atoms with Crippen molar-refractivity contribution < 1.29 is 18.7 Å². The van der Waals surface area contributed by atoms with Crippen LogP contribution in [0.4, 0.5) is 10.1 Å². The first-order valence-corrected chi connectivity index (χ1v) is 8.14. The summed E-state index contributed by atoms with van der Waals surface area (Å²) in [6, 6.07) is 13.7. The summed E-state index contributed by atoms with van der Waals surface area (Å²) in [5.74, 6) is -1.63. The van der Waals surface area contributed by atoms with Crippen LogP contribution >= 0.6 is 11.6 Å². The molecule has 3 aromatic rings. The molecule has 132 valence electrons. The van der Waals surface area contributed by atoms with Gasteiger partial charge in [0, 0.05) is 11.1 Å². The van der Waals surface area contributed by atoms with Gasteiger partial charge in [-0.05, 0) is 43.3 Å². The van der Waals surface area contributed by atoms with E-state index in [1.165, 1.54) is 37.3 Å². The van der Waals surface area contributed by atoms with Gasteiger partial charge in [-0.3, -0.25) is 4.79 Å². The highest BCUT2D eigenvalue weighted by atomic mass is 35.5. The average Bonchev–Trinajstić information content (AvgIpc) is 2.62. The Balaban J connectivity index is 1.75. The quantitative estimate of drug-likeness (QED) is 0.550. The molecule has 0 aliphatic carbocycles. The molecule has 7 heteroatoms. The molecule has 0 aliphatic heterocycles. The third-order valence-electron chi connectivity index (χ3n) is 3.67. The van der Waals surface area contributed by atoms with Gasteiger partial charge in [0.05, 0.1) is 11.1 Å². The van der Waals surface area contributed by atoms with Crippen molar-refractivity contribution in [3.63, 3.8) is 0 Å². The Bertz CT molecular complexity index is 976. The minimum atomic E-state index is -1.06. The monoisotopic (exact) mass is 372 g/mol. The minimum absolute atomic E-state index is 0.152. The second kappa shape index (κ2) is 7.49. The van der Waals surface area contributed by atoms with Crippen molar-refractivity contribution in [1.82, 2.24) is 4.98 Å². The van der Waals surface area contributed by atoms with Crippen molar-refractivity contribution in [2.75, 3.05) is 5.32 Å². The molecule has 1 heterocycles. The SMILES string of the molecule is C[C@H](OC(=O)c1cc(Cl)nc2ccccc12)C(=O)Nc1ccc(F)cc1. The van der Waals surface area contributed by atoms with Crippen LogP contribution in [0.25, 0.3) is 10.9 Å². The van der Waals surface area contributed by atoms with Gasteiger partial charge in [0.25, 0.3) is 5.91 Å². The Morgan fingerprint density at radius 1 is 1.15 bits per heavy atom. The first kappa shape index (κ1) is 17.8. The van der Waals surface area contributed by atoms with Gasteiger partial charge in [0.2, 0.25) is 0 Å². The zero-order valence-electron chi connectivity index (χ0n) is 13.7. The molecule has 0 saturated heterocycles. The molecule has 0 fully saturated rings. The zero-order valence-corrected chi connectivity index (χ0v) is 14.5. The van der Waals surface area contributed by atoms with Crippen LogP contribution in [0, 0.1) is 5.82 Å². The van der Waals surface area contributed by atoms with Crippen molar-refractivity contribution in [3.8, 4) is 0 Å². The summed E-state index contributed by atoms with van der Waals surface area (Å²) >= 11 is 5.96. The number of nitrogens with one attached hydrogen (secondary N) is 1. The Kier molecular flexibility index (Phi) is 5.14. The normalized spacial score (nSPS) is 11.8. The third kappa shape index (κ3) is 3.97. The summed E-state index contributed by atoms with van der Waals surface area (Å²) in [7, 11) is 0. The fourth-order valence-electron chi connectivity index (χ4n) is 2.37. The highest BCUT2D eigenvalue weighted by molar-refractivity contribution is 6.30. The molecular formula is C19H14ClFN2O3. The number of fused-ring (bicyclic) bond motifs is 1. The number of carbonyl (C=O) groups excluding carboxylic acids is 2. The lowest BCUT2D eigenvalue weighted by Crippen LogP contribution is -2.30. The number of hydrogen-bond acceptors (Lipinski definition) is 4. The maximum atomic E-state index is 12.9. The summed E-state index contributed by atoms with van der Waals surface area (Å²) in [6.07, 6.45) is -1.06. The number of esters is 1. The molecule has 3 rings (SSSR count). The van der Waals surface area contributed by atoms with Gasteiger partial charge >= 0.3 is 5.97 Å². The lowest BCUT2D eigenvalue weighted by molar-refractivity contribution is -0.123. The Morgan fingerprint density at radius 2 is 1.85 bits per heavy atom. The number of para-hydroxylation sites is 1. The van der Waals surface area contributed by atoms with Crippen LogP contribution in [0.2, 0.25) is 5.15 Å². The topological polar surface area (TPSA) is 68.3 Å². The van der Waals surface area contributed by atoms with E-state index >= 15 is 0 Å². The predicted octanol–water partition coefficient (Wildman–Crippen LogP) is 4.21. The van der Waals surface area contributed by atoms with E-state index in [4.69, 9.17) is 16.3 Å². The number of benzene rings is 2. The molecule has 0 bridgehead atoms. The Morgan fingerprint density at radius 3 is 2.58 bits per heavy atom. The van der Waals surface area contributed by atoms with Crippen molar-refractivity contribution in [2.24, 2.45) is 0 Å². The molecule has 1 amide bonds. The molecule has 0 radical (unpaired) electrons. The number of aromatic nitrogens is 1. The molecule has 0 saturated carbocycles. The number of nitrogens with zero attached hydrogens (tertiary/aromatic N) is 1. The second-order valence-electron chi connectivity index (χ2n) is 5.55. The maximum absolute atomic E-state index is 12.9. The van der Waals surface area contributed by atoms with E-state index in [0.717, 1.165) is 0 Å². The molecule has 26 heavy (non-hydrogen) atoms. The van der Waals surface area contributed by atoms with Crippen LogP contribution in [0.15, 0.2) is 54.6 Å². The number of hydrogen-bond donors (Lipinski definition) is 1. The van der Waals surface area contributed by atoms with Gasteiger partial charge in [-0.1, -0.05) is 29.8 Å². The predicted molar refractivity (Wildman–Crippen MR) is 96.7 cm³/mol. The van der Waals surface area contributed by atoms with Gasteiger partial charge in [0.1, 0.15) is 11.0 Å². The van der Waals surface area contributed by atoms with Crippen LogP contribution in [-0.2, 0) is 9.53 Å². The van der Waals surface area contributed by atoms with Crippen molar-refractivity contribution in [3.05, 3.63) is 71.1 Å². The van der Waals surface area contributed by atoms with Crippen molar-refractivity contribution in [1.29, 1.82) is 0 Å². The number of halogens is 2. The molecule has 0 spiro atoms. The van der Waals surface area contributed by atoms with Gasteiger partial charge in [0.15, 0.2) is 6.10 Å². The zero-order chi connectivity index (χ0) is 18.7. The molecule has 1 aromatic heterocycles. The number of pyridine rings is 1. The maximum Gasteiger partial charge on any atom is 0.339 e. The molecule has 5 nitrogen and oxygen atoms in total. The molecule has 0 unspecified atom stereocenters. The average molecular weight is 373 g/mol. The summed E-state index contributed by atoms with van der Waals surface area (Å²) in [6.45, 7) is 1.45. The first-order valence-electron chi connectivity index (χ1n) is 7.77. The van der Waals surface area contributed by atoms with Crippen molar-refractivity contribution >= 4 is 40.1 Å². The standard InChI is InChI=1S/C19H14ClFN2O3/c1-11(18(24)22-13-8-6-12(21)7-9-13)26-19(25)15-10-17(20)23-16-5-3-2-4-14(15)16/h2-11H,1H3,(H,22,24)/t11-/m0/s1. The van der Waals surface area contributed by atoms with Crippen LogP contribution < -0.4 is 5.32 Å². The number of carbonyl (C=O) groups is 2. The fourth-order valence-corrected chi connectivity index (χ4v) is 2.57. The lowest BCUT2D eigenvalue weighted by Gasteiger charge is -2.14. The molecule has 1 N–H and O–H groups in total. The van der Waals surface area contributed by atoms with Crippen LogP contribution in [0.5, 0.6) is 0 Å². The van der Waals surface area contributed by atoms with Gasteiger partial charge < -0.3 is 10.1 Å². The smallest absolute Gasteiger partial charge is 0.339 e. The van der Waals surface area contributed by atoms with Gasteiger partial charge in [-0.25, -0.2) is 14.2 Å². The molecular weight excluding hydrogens is 359 g/mol. The van der Waals surface area contributed by atoms with Gasteiger partial charge in [-0.15, -0.1) is 0 Å². The van der Waals surface area contributed by atoms with Crippen molar-refractivity contribution in [2.45, 2.75) is 13.0 Å². The first-order chi connectivity index (χ1) is 12.4. The molecule has 0 aliphatic rings. The van der Waals surface area contributed by atoms with Crippen LogP contribution in [-0.4, -0.2) is 23.0 Å². The van der Waals surface area contributed by atoms with E-state index in [2.05, 4.69) is 10.3 Å². The molecule has 1 atom stereocenters. The number of amides is 1. The third-order valence-corrected chi connectivity index (χ3v) is 3.86. The van der Waals surface area contributed by atoms with E-state index in [-0.39, 0.29) is 10.7 Å². The highest BCUT2D eigenvalue weighted by Crippen LogP contribution is 2.22. The number of ether oxygens (including phenoxy) is 1. The second-order valence-corrected chi connectivity index (χ2v) is 5.94. The largest absolute Gasteiger partial charge is 0.449 e. The number of rotatable bonds is 4. The van der Waals surface area contributed by atoms with E-state index < -0.39 is 23.8 Å². The van der Waals surface area contributed by atoms with E-state index in [9.17, 15) is 14.0 Å². The van der Waals surface area contributed by atoms with Gasteiger partial charge in [-0.2, -0.15) is 0 Å². The Labute approximate surface area is 153 Å². The van der Waals surface area contributed by atoms with Crippen LogP contribution in [0.1, 0.15) is 17.3 Å². The fraction of sp³-hybridized carbons (Fsp3) is 0.105. The van der Waals surface area contributed by atoms with E-state index in [1.807, 2.05) is 0 Å². The summed E-state index contributed by atoms with van der Waals surface area (Å²) < 4.78 is 18.2. The lowest BCUT2D eigenvalue weighted by atomic mass is 10.1. The van der Waals surface area contributed by atoms with E-state index in [0.29, 0.717) is 16.6 Å². The van der Waals surface area contributed by atoms with E-state index in [1.54, 1.807) is 24.3 Å². The Hall–Kier alpha value is -2.99. The summed E-state index contributed by atoms with van der Waals surface area (Å²) in [5.41, 5.74) is 1.18. The molecule has 2 aromatic carbocycles. The van der Waals surface area contributed by atoms with Crippen LogP contribution in [0.3, 0.4) is 0 Å². The summed E-state index contributed by atoms with van der Waals surface area (Å²) in [4.78, 5) is 28.8. The summed E-state index contributed by atoms with van der Waals surface area (Å²) in [5, 5.41) is 3.28.